The molecule has 0 aliphatic rings. The molecular formula is C14H20N4O2. The molecule has 0 aliphatic carbocycles. The van der Waals surface area contributed by atoms with E-state index in [1.54, 1.807) is 6.92 Å². The first-order valence-corrected chi connectivity index (χ1v) is 6.63. The summed E-state index contributed by atoms with van der Waals surface area (Å²) in [6.45, 7) is 4.15. The first-order chi connectivity index (χ1) is 9.55. The highest BCUT2D eigenvalue weighted by Gasteiger charge is 2.19. The van der Waals surface area contributed by atoms with E-state index in [0.29, 0.717) is 11.8 Å². The summed E-state index contributed by atoms with van der Waals surface area (Å²) in [6, 6.07) is 7.65. The van der Waals surface area contributed by atoms with Crippen molar-refractivity contribution in [2.45, 2.75) is 19.4 Å². The second-order valence-electron chi connectivity index (χ2n) is 4.95. The molecular weight excluding hydrogens is 256 g/mol. The number of aromatic nitrogens is 2. The molecule has 108 valence electrons. The highest BCUT2D eigenvalue weighted by atomic mass is 16.3. The van der Waals surface area contributed by atoms with Gasteiger partial charge >= 0.3 is 0 Å². The van der Waals surface area contributed by atoms with E-state index in [0.717, 1.165) is 17.4 Å². The van der Waals surface area contributed by atoms with Gasteiger partial charge in [0.05, 0.1) is 12.1 Å². The van der Waals surface area contributed by atoms with Crippen LogP contribution < -0.4 is 10.6 Å². The molecule has 1 heterocycles. The van der Waals surface area contributed by atoms with Crippen LogP contribution in [0.2, 0.25) is 0 Å². The Bertz CT molecular complexity index is 586. The molecule has 0 saturated carbocycles. The van der Waals surface area contributed by atoms with Crippen molar-refractivity contribution >= 4 is 22.7 Å². The molecule has 2 rings (SSSR count). The number of anilines is 2. The maximum absolute atomic E-state index is 9.86. The number of para-hydroxylation sites is 1. The highest BCUT2D eigenvalue weighted by Crippen LogP contribution is 2.22. The molecule has 0 radical (unpaired) electrons. The highest BCUT2D eigenvalue weighted by molar-refractivity contribution is 5.90. The lowest BCUT2D eigenvalue weighted by atomic mass is 10.1. The van der Waals surface area contributed by atoms with Crippen molar-refractivity contribution in [3.8, 4) is 0 Å². The Kier molecular flexibility index (Phi) is 4.36. The predicted molar refractivity (Wildman–Crippen MR) is 79.9 cm³/mol. The fourth-order valence-electron chi connectivity index (χ4n) is 1.78. The molecule has 0 bridgehead atoms. The Labute approximate surface area is 117 Å². The Balaban J connectivity index is 2.34. The first kappa shape index (κ1) is 14.5. The second-order valence-corrected chi connectivity index (χ2v) is 4.95. The van der Waals surface area contributed by atoms with Crippen molar-refractivity contribution in [2.24, 2.45) is 0 Å². The van der Waals surface area contributed by atoms with Crippen molar-refractivity contribution in [2.75, 3.05) is 30.3 Å². The van der Waals surface area contributed by atoms with E-state index >= 15 is 0 Å². The van der Waals surface area contributed by atoms with Crippen LogP contribution in [0.25, 0.3) is 10.9 Å². The molecule has 6 nitrogen and oxygen atoms in total. The quantitative estimate of drug-likeness (QED) is 0.634. The molecule has 20 heavy (non-hydrogen) atoms. The van der Waals surface area contributed by atoms with Gasteiger partial charge in [-0.1, -0.05) is 12.1 Å². The molecule has 0 aliphatic heterocycles. The maximum Gasteiger partial charge on any atom is 0.225 e. The van der Waals surface area contributed by atoms with E-state index in [1.165, 1.54) is 0 Å². The molecule has 0 fully saturated rings. The topological polar surface area (TPSA) is 90.3 Å². The van der Waals surface area contributed by atoms with Crippen molar-refractivity contribution in [1.82, 2.24) is 9.97 Å². The van der Waals surface area contributed by atoms with Gasteiger partial charge in [0.15, 0.2) is 0 Å². The van der Waals surface area contributed by atoms with Gasteiger partial charge in [-0.15, -0.1) is 0 Å². The molecule has 2 aromatic rings. The SMILES string of the molecule is CCNc1nc(NCC(C)(O)CO)c2ccccc2n1. The van der Waals surface area contributed by atoms with Gasteiger partial charge in [0.1, 0.15) is 11.4 Å². The molecule has 0 amide bonds. The van der Waals surface area contributed by atoms with Gasteiger partial charge < -0.3 is 20.8 Å². The zero-order valence-corrected chi connectivity index (χ0v) is 11.7. The molecule has 1 atom stereocenters. The number of fused-ring (bicyclic) bond motifs is 1. The first-order valence-electron chi connectivity index (χ1n) is 6.63. The summed E-state index contributed by atoms with van der Waals surface area (Å²) in [5, 5.41) is 26.0. The van der Waals surface area contributed by atoms with Crippen LogP contribution in [-0.2, 0) is 0 Å². The lowest BCUT2D eigenvalue weighted by Gasteiger charge is -2.21. The van der Waals surface area contributed by atoms with Crippen LogP contribution in [0.4, 0.5) is 11.8 Å². The van der Waals surface area contributed by atoms with Crippen LogP contribution in [0, 0.1) is 0 Å². The third kappa shape index (κ3) is 3.34. The minimum absolute atomic E-state index is 0.204. The smallest absolute Gasteiger partial charge is 0.225 e. The Hall–Kier alpha value is -1.92. The third-order valence-corrected chi connectivity index (χ3v) is 2.92. The fraction of sp³-hybridized carbons (Fsp3) is 0.429. The molecule has 1 unspecified atom stereocenters. The minimum Gasteiger partial charge on any atom is -0.393 e. The zero-order valence-electron chi connectivity index (χ0n) is 11.7. The molecule has 0 spiro atoms. The van der Waals surface area contributed by atoms with Gasteiger partial charge in [0.25, 0.3) is 0 Å². The second kappa shape index (κ2) is 6.02. The van der Waals surface area contributed by atoms with Crippen LogP contribution in [0.5, 0.6) is 0 Å². The van der Waals surface area contributed by atoms with Crippen molar-refractivity contribution in [3.05, 3.63) is 24.3 Å². The summed E-state index contributed by atoms with van der Waals surface area (Å²) in [5.41, 5.74) is -0.366. The summed E-state index contributed by atoms with van der Waals surface area (Å²) in [4.78, 5) is 8.82. The van der Waals surface area contributed by atoms with Gasteiger partial charge in [-0.2, -0.15) is 4.98 Å². The van der Waals surface area contributed by atoms with E-state index in [9.17, 15) is 5.11 Å². The molecule has 1 aromatic carbocycles. The van der Waals surface area contributed by atoms with Crippen LogP contribution in [0.3, 0.4) is 0 Å². The number of nitrogens with one attached hydrogen (secondary N) is 2. The minimum atomic E-state index is -1.19. The largest absolute Gasteiger partial charge is 0.393 e. The Morgan fingerprint density at radius 1 is 1.20 bits per heavy atom. The number of rotatable bonds is 6. The lowest BCUT2D eigenvalue weighted by molar-refractivity contribution is 0.0132. The summed E-state index contributed by atoms with van der Waals surface area (Å²) < 4.78 is 0. The number of hydrogen-bond donors (Lipinski definition) is 4. The van der Waals surface area contributed by atoms with Crippen LogP contribution in [0.15, 0.2) is 24.3 Å². The molecule has 0 saturated heterocycles. The summed E-state index contributed by atoms with van der Waals surface area (Å²) in [6.07, 6.45) is 0. The van der Waals surface area contributed by atoms with Gasteiger partial charge in [-0.05, 0) is 26.0 Å². The van der Waals surface area contributed by atoms with E-state index in [4.69, 9.17) is 5.11 Å². The van der Waals surface area contributed by atoms with E-state index in [-0.39, 0.29) is 13.2 Å². The summed E-state index contributed by atoms with van der Waals surface area (Å²) in [5.74, 6) is 1.18. The zero-order chi connectivity index (χ0) is 14.6. The number of nitrogens with zero attached hydrogens (tertiary/aromatic N) is 2. The fourth-order valence-corrected chi connectivity index (χ4v) is 1.78. The Morgan fingerprint density at radius 2 is 1.95 bits per heavy atom. The van der Waals surface area contributed by atoms with E-state index < -0.39 is 5.60 Å². The van der Waals surface area contributed by atoms with Crippen molar-refractivity contribution in [1.29, 1.82) is 0 Å². The van der Waals surface area contributed by atoms with Gasteiger partial charge in [-0.3, -0.25) is 0 Å². The van der Waals surface area contributed by atoms with Gasteiger partial charge in [-0.25, -0.2) is 4.98 Å². The predicted octanol–water partition coefficient (Wildman–Crippen LogP) is 1.22. The monoisotopic (exact) mass is 276 g/mol. The number of benzene rings is 1. The van der Waals surface area contributed by atoms with Crippen LogP contribution >= 0.6 is 0 Å². The molecule has 1 aromatic heterocycles. The van der Waals surface area contributed by atoms with Crippen LogP contribution in [0.1, 0.15) is 13.8 Å². The van der Waals surface area contributed by atoms with Crippen molar-refractivity contribution < 1.29 is 10.2 Å². The summed E-state index contributed by atoms with van der Waals surface area (Å²) in [7, 11) is 0. The standard InChI is InChI=1S/C14H20N4O2/c1-3-15-13-17-11-7-5-4-6-10(11)12(18-13)16-8-14(2,20)9-19/h4-7,19-20H,3,8-9H2,1-2H3,(H2,15,16,17,18). The number of aliphatic hydroxyl groups is 2. The maximum atomic E-state index is 9.86. The third-order valence-electron chi connectivity index (χ3n) is 2.92. The van der Waals surface area contributed by atoms with Crippen LogP contribution in [-0.4, -0.2) is 45.5 Å². The number of aliphatic hydroxyl groups excluding tert-OH is 1. The molecule has 4 N–H and O–H groups in total. The van der Waals surface area contributed by atoms with Gasteiger partial charge in [0, 0.05) is 18.5 Å². The number of hydrogen-bond acceptors (Lipinski definition) is 6. The van der Waals surface area contributed by atoms with E-state index in [2.05, 4.69) is 20.6 Å². The van der Waals surface area contributed by atoms with E-state index in [1.807, 2.05) is 31.2 Å². The van der Waals surface area contributed by atoms with Gasteiger partial charge in [0.2, 0.25) is 5.95 Å². The summed E-state index contributed by atoms with van der Waals surface area (Å²) >= 11 is 0. The average Bonchev–Trinajstić information content (AvgIpc) is 2.45. The Morgan fingerprint density at radius 3 is 2.65 bits per heavy atom. The van der Waals surface area contributed by atoms with Crippen molar-refractivity contribution in [3.63, 3.8) is 0 Å². The normalized spacial score (nSPS) is 14.0. The lowest BCUT2D eigenvalue weighted by Crippen LogP contribution is -2.37. The average molecular weight is 276 g/mol. The molecule has 6 heteroatoms.